The third kappa shape index (κ3) is 2.79. The molecule has 4 nitrogen and oxygen atoms in total. The summed E-state index contributed by atoms with van der Waals surface area (Å²) in [6, 6.07) is 13.3. The summed E-state index contributed by atoms with van der Waals surface area (Å²) in [7, 11) is 0. The fourth-order valence-electron chi connectivity index (χ4n) is 2.45. The lowest BCUT2D eigenvalue weighted by Crippen LogP contribution is -2.09. The van der Waals surface area contributed by atoms with Crippen LogP contribution in [0.25, 0.3) is 10.9 Å². The van der Waals surface area contributed by atoms with Gasteiger partial charge in [0.2, 0.25) is 0 Å². The average molecular weight is 279 g/mol. The molecule has 106 valence electrons. The molecule has 1 N–H and O–H groups in total. The highest BCUT2D eigenvalue weighted by Gasteiger charge is 2.03. The van der Waals surface area contributed by atoms with Crippen molar-refractivity contribution in [1.29, 1.82) is 0 Å². The number of hydrogen-bond donors (Lipinski definition) is 1. The Hall–Kier alpha value is -2.62. The molecule has 0 fully saturated rings. The van der Waals surface area contributed by atoms with E-state index in [0.717, 1.165) is 28.8 Å². The van der Waals surface area contributed by atoms with Gasteiger partial charge in [-0.05, 0) is 36.8 Å². The quantitative estimate of drug-likeness (QED) is 0.799. The predicted octanol–water partition coefficient (Wildman–Crippen LogP) is 2.88. The van der Waals surface area contributed by atoms with Gasteiger partial charge in [-0.25, -0.2) is 4.98 Å². The molecule has 0 radical (unpaired) electrons. The number of benzene rings is 1. The first-order valence-corrected chi connectivity index (χ1v) is 7.05. The highest BCUT2D eigenvalue weighted by Crippen LogP contribution is 2.13. The molecule has 0 saturated heterocycles. The molecular weight excluding hydrogens is 262 g/mol. The zero-order chi connectivity index (χ0) is 14.7. The van der Waals surface area contributed by atoms with Gasteiger partial charge in [-0.3, -0.25) is 4.79 Å². The topological polar surface area (TPSA) is 46.9 Å². The van der Waals surface area contributed by atoms with E-state index >= 15 is 0 Å². The summed E-state index contributed by atoms with van der Waals surface area (Å²) in [5.74, 6) is 0.875. The van der Waals surface area contributed by atoms with E-state index in [9.17, 15) is 4.79 Å². The van der Waals surface area contributed by atoms with Crippen molar-refractivity contribution in [2.24, 2.45) is 0 Å². The van der Waals surface area contributed by atoms with Gasteiger partial charge in [-0.1, -0.05) is 12.1 Å². The predicted molar refractivity (Wildman–Crippen MR) is 85.7 cm³/mol. The van der Waals surface area contributed by atoms with Crippen LogP contribution in [-0.2, 0) is 6.54 Å². The van der Waals surface area contributed by atoms with Crippen LogP contribution in [0.1, 0.15) is 12.5 Å². The minimum atomic E-state index is 0.0601. The van der Waals surface area contributed by atoms with Gasteiger partial charge in [0.1, 0.15) is 5.82 Å². The molecule has 1 aromatic carbocycles. The highest BCUT2D eigenvalue weighted by atomic mass is 16.1. The zero-order valence-corrected chi connectivity index (χ0v) is 11.9. The van der Waals surface area contributed by atoms with Gasteiger partial charge >= 0.3 is 0 Å². The maximum Gasteiger partial charge on any atom is 0.189 e. The minimum absolute atomic E-state index is 0.0601. The number of para-hydroxylation sites is 1. The standard InChI is InChI=1S/C17H17N3O/c1-2-18-17-11-13(7-9-19-17)12-20-10-8-16(21)14-5-3-4-6-15(14)20/h3-11H,2,12H2,1H3,(H,18,19). The SMILES string of the molecule is CCNc1cc(Cn2ccc(=O)c3ccccc32)ccn1. The van der Waals surface area contributed by atoms with Crippen molar-refractivity contribution in [3.05, 3.63) is 70.6 Å². The van der Waals surface area contributed by atoms with Crippen LogP contribution in [0.2, 0.25) is 0 Å². The average Bonchev–Trinajstić information content (AvgIpc) is 2.51. The number of hydrogen-bond acceptors (Lipinski definition) is 3. The number of nitrogens with zero attached hydrogens (tertiary/aromatic N) is 2. The second-order valence-corrected chi connectivity index (χ2v) is 4.90. The third-order valence-corrected chi connectivity index (χ3v) is 3.42. The monoisotopic (exact) mass is 279 g/mol. The van der Waals surface area contributed by atoms with Crippen LogP contribution < -0.4 is 10.7 Å². The summed E-state index contributed by atoms with van der Waals surface area (Å²) >= 11 is 0. The molecule has 0 aliphatic carbocycles. The first-order chi connectivity index (χ1) is 10.3. The molecule has 0 unspecified atom stereocenters. The Morgan fingerprint density at radius 1 is 1.19 bits per heavy atom. The molecule has 2 heterocycles. The van der Waals surface area contributed by atoms with E-state index < -0.39 is 0 Å². The molecule has 21 heavy (non-hydrogen) atoms. The Bertz CT molecular complexity index is 823. The minimum Gasteiger partial charge on any atom is -0.370 e. The van der Waals surface area contributed by atoms with Crippen molar-refractivity contribution in [1.82, 2.24) is 9.55 Å². The molecule has 0 saturated carbocycles. The van der Waals surface area contributed by atoms with Gasteiger partial charge in [-0.15, -0.1) is 0 Å². The Labute approximate surface area is 123 Å². The maximum absolute atomic E-state index is 11.9. The Morgan fingerprint density at radius 2 is 2.05 bits per heavy atom. The molecule has 0 amide bonds. The van der Waals surface area contributed by atoms with Crippen molar-refractivity contribution < 1.29 is 0 Å². The molecule has 2 aromatic heterocycles. The molecule has 3 aromatic rings. The molecule has 3 rings (SSSR count). The first-order valence-electron chi connectivity index (χ1n) is 7.05. The van der Waals surface area contributed by atoms with Crippen LogP contribution in [0, 0.1) is 0 Å². The lowest BCUT2D eigenvalue weighted by Gasteiger charge is -2.11. The zero-order valence-electron chi connectivity index (χ0n) is 11.9. The summed E-state index contributed by atoms with van der Waals surface area (Å²) < 4.78 is 2.09. The second kappa shape index (κ2) is 5.79. The van der Waals surface area contributed by atoms with Gasteiger partial charge < -0.3 is 9.88 Å². The third-order valence-electron chi connectivity index (χ3n) is 3.42. The second-order valence-electron chi connectivity index (χ2n) is 4.90. The van der Waals surface area contributed by atoms with Crippen LogP contribution in [0.15, 0.2) is 59.7 Å². The van der Waals surface area contributed by atoms with Crippen LogP contribution >= 0.6 is 0 Å². The summed E-state index contributed by atoms with van der Waals surface area (Å²) in [6.45, 7) is 3.60. The van der Waals surface area contributed by atoms with Gasteiger partial charge in [0.25, 0.3) is 0 Å². The van der Waals surface area contributed by atoms with Gasteiger partial charge in [0, 0.05) is 36.9 Å². The molecule has 0 aliphatic heterocycles. The fourth-order valence-corrected chi connectivity index (χ4v) is 2.45. The van der Waals surface area contributed by atoms with E-state index in [2.05, 4.69) is 14.9 Å². The van der Waals surface area contributed by atoms with E-state index in [1.165, 1.54) is 0 Å². The molecule has 4 heteroatoms. The van der Waals surface area contributed by atoms with Gasteiger partial charge in [-0.2, -0.15) is 0 Å². The maximum atomic E-state index is 11.9. The van der Waals surface area contributed by atoms with E-state index in [4.69, 9.17) is 0 Å². The molecule has 0 spiro atoms. The van der Waals surface area contributed by atoms with Crippen molar-refractivity contribution in [3.63, 3.8) is 0 Å². The summed E-state index contributed by atoms with van der Waals surface area (Å²) in [5, 5.41) is 3.96. The van der Waals surface area contributed by atoms with Crippen LogP contribution in [0.3, 0.4) is 0 Å². The lowest BCUT2D eigenvalue weighted by atomic mass is 10.2. The highest BCUT2D eigenvalue weighted by molar-refractivity contribution is 5.78. The van der Waals surface area contributed by atoms with Crippen LogP contribution in [-0.4, -0.2) is 16.1 Å². The van der Waals surface area contributed by atoms with Gasteiger partial charge in [0.05, 0.1) is 5.52 Å². The molecular formula is C17H17N3O. The van der Waals surface area contributed by atoms with Crippen molar-refractivity contribution >= 4 is 16.7 Å². The lowest BCUT2D eigenvalue weighted by molar-refractivity contribution is 0.824. The normalized spacial score (nSPS) is 10.7. The summed E-state index contributed by atoms with van der Waals surface area (Å²) in [4.78, 5) is 16.2. The van der Waals surface area contributed by atoms with Crippen molar-refractivity contribution in [2.45, 2.75) is 13.5 Å². The Morgan fingerprint density at radius 3 is 2.90 bits per heavy atom. The van der Waals surface area contributed by atoms with Crippen molar-refractivity contribution in [2.75, 3.05) is 11.9 Å². The number of aromatic nitrogens is 2. The number of anilines is 1. The number of rotatable bonds is 4. The van der Waals surface area contributed by atoms with Crippen molar-refractivity contribution in [3.8, 4) is 0 Å². The summed E-state index contributed by atoms with van der Waals surface area (Å²) in [6.07, 6.45) is 3.65. The summed E-state index contributed by atoms with van der Waals surface area (Å²) in [5.41, 5.74) is 2.16. The molecule has 0 atom stereocenters. The smallest absolute Gasteiger partial charge is 0.189 e. The van der Waals surface area contributed by atoms with Crippen LogP contribution in [0.4, 0.5) is 5.82 Å². The number of pyridine rings is 2. The van der Waals surface area contributed by atoms with Crippen LogP contribution in [0.5, 0.6) is 0 Å². The molecule has 0 bridgehead atoms. The number of nitrogens with one attached hydrogen (secondary N) is 1. The first kappa shape index (κ1) is 13.4. The Kier molecular flexibility index (Phi) is 3.69. The number of fused-ring (bicyclic) bond motifs is 1. The van der Waals surface area contributed by atoms with E-state index in [-0.39, 0.29) is 5.43 Å². The Balaban J connectivity index is 2.00. The molecule has 0 aliphatic rings. The van der Waals surface area contributed by atoms with E-state index in [1.807, 2.05) is 49.5 Å². The fraction of sp³-hybridized carbons (Fsp3) is 0.176. The largest absolute Gasteiger partial charge is 0.370 e. The van der Waals surface area contributed by atoms with E-state index in [1.54, 1.807) is 12.3 Å². The van der Waals surface area contributed by atoms with E-state index in [0.29, 0.717) is 6.54 Å². The van der Waals surface area contributed by atoms with Gasteiger partial charge in [0.15, 0.2) is 5.43 Å².